The van der Waals surface area contributed by atoms with E-state index in [1.807, 2.05) is 0 Å². The molecule has 0 spiro atoms. The lowest BCUT2D eigenvalue weighted by atomic mass is 9.96. The Balaban J connectivity index is 2.08. The molecular formula is C16H21BrN4O2S. The number of aromatic nitrogens is 2. The molecule has 1 saturated carbocycles. The summed E-state index contributed by atoms with van der Waals surface area (Å²) in [5.41, 5.74) is 12.9. The number of benzene rings is 1. The Hall–Kier alpha value is -1.54. The van der Waals surface area contributed by atoms with Crippen LogP contribution in [0.25, 0.3) is 0 Å². The van der Waals surface area contributed by atoms with E-state index in [1.54, 1.807) is 17.7 Å². The van der Waals surface area contributed by atoms with Crippen molar-refractivity contribution in [2.45, 2.75) is 54.9 Å². The van der Waals surface area contributed by atoms with Crippen LogP contribution in [-0.2, 0) is 9.84 Å². The molecular weight excluding hydrogens is 392 g/mol. The molecule has 1 aliphatic carbocycles. The van der Waals surface area contributed by atoms with Crippen molar-refractivity contribution in [1.82, 2.24) is 9.78 Å². The fraction of sp³-hybridized carbons (Fsp3) is 0.438. The van der Waals surface area contributed by atoms with Gasteiger partial charge in [-0.15, -0.1) is 0 Å². The minimum absolute atomic E-state index is 0.102. The average molecular weight is 413 g/mol. The van der Waals surface area contributed by atoms with Gasteiger partial charge in [0.25, 0.3) is 0 Å². The zero-order valence-corrected chi connectivity index (χ0v) is 15.9. The lowest BCUT2D eigenvalue weighted by molar-refractivity contribution is 0.332. The van der Waals surface area contributed by atoms with E-state index in [0.29, 0.717) is 15.9 Å². The number of anilines is 2. The molecule has 0 saturated heterocycles. The highest BCUT2D eigenvalue weighted by Gasteiger charge is 2.30. The lowest BCUT2D eigenvalue weighted by Crippen LogP contribution is -2.17. The number of nitrogen functional groups attached to an aromatic ring is 2. The molecule has 0 atom stereocenters. The second kappa shape index (κ2) is 6.40. The quantitative estimate of drug-likeness (QED) is 0.750. The second-order valence-electron chi connectivity index (χ2n) is 6.22. The largest absolute Gasteiger partial charge is 0.398 e. The fourth-order valence-electron chi connectivity index (χ4n) is 3.28. The summed E-state index contributed by atoms with van der Waals surface area (Å²) in [5.74, 6) is 0.229. The van der Waals surface area contributed by atoms with Crippen LogP contribution in [0.4, 0.5) is 11.5 Å². The molecule has 6 nitrogen and oxygen atoms in total. The number of halogens is 1. The van der Waals surface area contributed by atoms with Gasteiger partial charge in [-0.2, -0.15) is 5.10 Å². The first kappa shape index (κ1) is 17.3. The third-order valence-corrected chi connectivity index (χ3v) is 7.14. The molecule has 0 unspecified atom stereocenters. The highest BCUT2D eigenvalue weighted by atomic mass is 79.9. The summed E-state index contributed by atoms with van der Waals surface area (Å²) < 4.78 is 28.3. The molecule has 4 N–H and O–H groups in total. The van der Waals surface area contributed by atoms with Gasteiger partial charge in [-0.3, -0.25) is 0 Å². The second-order valence-corrected chi connectivity index (χ2v) is 8.96. The van der Waals surface area contributed by atoms with Crippen molar-refractivity contribution in [2.75, 3.05) is 11.5 Å². The van der Waals surface area contributed by atoms with Gasteiger partial charge in [-0.25, -0.2) is 13.1 Å². The van der Waals surface area contributed by atoms with Gasteiger partial charge in [-0.1, -0.05) is 19.3 Å². The molecule has 1 fully saturated rings. The Bertz CT molecular complexity index is 870. The zero-order valence-electron chi connectivity index (χ0n) is 13.5. The van der Waals surface area contributed by atoms with E-state index in [9.17, 15) is 8.42 Å². The molecule has 0 radical (unpaired) electrons. The van der Waals surface area contributed by atoms with E-state index < -0.39 is 9.84 Å². The molecule has 0 aliphatic heterocycles. The molecule has 1 aromatic heterocycles. The van der Waals surface area contributed by atoms with Gasteiger partial charge in [0, 0.05) is 10.2 Å². The number of aryl methyl sites for hydroxylation is 1. The van der Waals surface area contributed by atoms with Crippen LogP contribution in [0.3, 0.4) is 0 Å². The summed E-state index contributed by atoms with van der Waals surface area (Å²) in [5, 5.41) is 4.44. The SMILES string of the molecule is Cc1nn(C2CCCCC2)c(N)c1S(=O)(=O)c1ccc(N)c(Br)c1. The van der Waals surface area contributed by atoms with Gasteiger partial charge in [0.05, 0.1) is 16.6 Å². The van der Waals surface area contributed by atoms with Gasteiger partial charge in [-0.05, 0) is 53.9 Å². The number of nitrogens with two attached hydrogens (primary N) is 2. The standard InChI is InChI=1S/C16H21BrN4O2S/c1-10-15(16(19)21(20-10)11-5-3-2-4-6-11)24(22,23)12-7-8-14(18)13(17)9-12/h7-9,11H,2-6,18-19H2,1H3. The Labute approximate surface area is 150 Å². The molecule has 8 heteroatoms. The lowest BCUT2D eigenvalue weighted by Gasteiger charge is -2.23. The first-order valence-electron chi connectivity index (χ1n) is 7.97. The summed E-state index contributed by atoms with van der Waals surface area (Å²) >= 11 is 3.27. The van der Waals surface area contributed by atoms with Crippen LogP contribution < -0.4 is 11.5 Å². The molecule has 1 aromatic carbocycles. The van der Waals surface area contributed by atoms with Crippen LogP contribution in [0.2, 0.25) is 0 Å². The van der Waals surface area contributed by atoms with E-state index in [1.165, 1.54) is 18.6 Å². The fourth-order valence-corrected chi connectivity index (χ4v) is 5.36. The Morgan fingerprint density at radius 1 is 1.21 bits per heavy atom. The first-order valence-corrected chi connectivity index (χ1v) is 10.2. The van der Waals surface area contributed by atoms with E-state index in [-0.39, 0.29) is 21.7 Å². The van der Waals surface area contributed by atoms with Crippen molar-refractivity contribution in [2.24, 2.45) is 0 Å². The van der Waals surface area contributed by atoms with Crippen molar-refractivity contribution < 1.29 is 8.42 Å². The number of hydrogen-bond acceptors (Lipinski definition) is 5. The highest BCUT2D eigenvalue weighted by molar-refractivity contribution is 9.10. The van der Waals surface area contributed by atoms with E-state index in [0.717, 1.165) is 25.7 Å². The zero-order chi connectivity index (χ0) is 17.5. The average Bonchev–Trinajstić information content (AvgIpc) is 2.86. The molecule has 0 bridgehead atoms. The Morgan fingerprint density at radius 3 is 2.50 bits per heavy atom. The van der Waals surface area contributed by atoms with Crippen LogP contribution in [0.15, 0.2) is 32.5 Å². The van der Waals surface area contributed by atoms with E-state index >= 15 is 0 Å². The maximum Gasteiger partial charge on any atom is 0.212 e. The molecule has 0 amide bonds. The number of nitrogens with zero attached hydrogens (tertiary/aromatic N) is 2. The first-order chi connectivity index (χ1) is 11.3. The monoisotopic (exact) mass is 412 g/mol. The third kappa shape index (κ3) is 2.93. The summed E-state index contributed by atoms with van der Waals surface area (Å²) in [6.45, 7) is 1.69. The van der Waals surface area contributed by atoms with Crippen LogP contribution in [0, 0.1) is 6.92 Å². The normalized spacial score (nSPS) is 16.4. The topological polar surface area (TPSA) is 104 Å². The maximum atomic E-state index is 13.0. The molecule has 24 heavy (non-hydrogen) atoms. The van der Waals surface area contributed by atoms with Crippen LogP contribution in [0.1, 0.15) is 43.8 Å². The maximum absolute atomic E-state index is 13.0. The Kier molecular flexibility index (Phi) is 4.61. The van der Waals surface area contributed by atoms with Crippen LogP contribution in [0.5, 0.6) is 0 Å². The smallest absolute Gasteiger partial charge is 0.212 e. The summed E-state index contributed by atoms with van der Waals surface area (Å²) in [7, 11) is -3.75. The minimum Gasteiger partial charge on any atom is -0.398 e. The van der Waals surface area contributed by atoms with E-state index in [2.05, 4.69) is 21.0 Å². The summed E-state index contributed by atoms with van der Waals surface area (Å²) in [4.78, 5) is 0.256. The molecule has 2 aromatic rings. The number of rotatable bonds is 3. The van der Waals surface area contributed by atoms with Crippen molar-refractivity contribution in [3.05, 3.63) is 28.4 Å². The van der Waals surface area contributed by atoms with Gasteiger partial charge in [0.2, 0.25) is 9.84 Å². The van der Waals surface area contributed by atoms with Crippen molar-refractivity contribution in [3.8, 4) is 0 Å². The Morgan fingerprint density at radius 2 is 1.88 bits per heavy atom. The number of sulfone groups is 1. The summed E-state index contributed by atoms with van der Waals surface area (Å²) in [6.07, 6.45) is 5.42. The minimum atomic E-state index is -3.75. The molecule has 130 valence electrons. The molecule has 3 rings (SSSR count). The summed E-state index contributed by atoms with van der Waals surface area (Å²) in [6, 6.07) is 4.74. The van der Waals surface area contributed by atoms with Crippen LogP contribution >= 0.6 is 15.9 Å². The van der Waals surface area contributed by atoms with Crippen LogP contribution in [-0.4, -0.2) is 18.2 Å². The van der Waals surface area contributed by atoms with Crippen molar-refractivity contribution >= 4 is 37.3 Å². The van der Waals surface area contributed by atoms with Gasteiger partial charge >= 0.3 is 0 Å². The molecule has 1 heterocycles. The molecule has 1 aliphatic rings. The predicted octanol–water partition coefficient (Wildman–Crippen LogP) is 3.46. The number of hydrogen-bond donors (Lipinski definition) is 2. The highest BCUT2D eigenvalue weighted by Crippen LogP contribution is 2.36. The van der Waals surface area contributed by atoms with Gasteiger partial charge in [0.15, 0.2) is 0 Å². The van der Waals surface area contributed by atoms with Gasteiger partial charge in [0.1, 0.15) is 10.7 Å². The third-order valence-electron chi connectivity index (χ3n) is 4.54. The van der Waals surface area contributed by atoms with E-state index in [4.69, 9.17) is 11.5 Å². The van der Waals surface area contributed by atoms with Crippen molar-refractivity contribution in [3.63, 3.8) is 0 Å². The van der Waals surface area contributed by atoms with Crippen molar-refractivity contribution in [1.29, 1.82) is 0 Å². The van der Waals surface area contributed by atoms with Gasteiger partial charge < -0.3 is 11.5 Å². The predicted molar refractivity (Wildman–Crippen MR) is 97.5 cm³/mol.